The minimum Gasteiger partial charge on any atom is -0.350 e. The molecule has 0 atom stereocenters. The summed E-state index contributed by atoms with van der Waals surface area (Å²) in [6, 6.07) is 16.6. The van der Waals surface area contributed by atoms with Gasteiger partial charge in [-0.15, -0.1) is 11.3 Å². The monoisotopic (exact) mass is 535 g/mol. The lowest BCUT2D eigenvalue weighted by Crippen LogP contribution is -2.27. The lowest BCUT2D eigenvalue weighted by atomic mass is 10.1. The van der Waals surface area contributed by atoms with Gasteiger partial charge in [-0.05, 0) is 59.5 Å². The van der Waals surface area contributed by atoms with E-state index in [2.05, 4.69) is 12.2 Å². The third-order valence-corrected chi connectivity index (χ3v) is 7.88. The Hall–Kier alpha value is -3.33. The molecule has 0 unspecified atom stereocenters. The second-order valence-corrected chi connectivity index (χ2v) is 10.7. The van der Waals surface area contributed by atoms with Crippen molar-refractivity contribution in [2.45, 2.75) is 26.4 Å². The maximum Gasteiger partial charge on any atom is 0.298 e. The third kappa shape index (κ3) is 4.84. The molecule has 2 aromatic carbocycles. The topological polar surface area (TPSA) is 71.4 Å². The highest BCUT2D eigenvalue weighted by atomic mass is 35.5. The molecule has 6 nitrogen and oxygen atoms in total. The second-order valence-electron chi connectivity index (χ2n) is 8.23. The molecule has 1 aliphatic heterocycles. The van der Waals surface area contributed by atoms with E-state index in [0.717, 1.165) is 50.0 Å². The van der Waals surface area contributed by atoms with E-state index >= 15 is 0 Å². The molecule has 0 spiro atoms. The molecule has 0 radical (unpaired) electrons. The summed E-state index contributed by atoms with van der Waals surface area (Å²) in [6.07, 6.45) is 4.40. The van der Waals surface area contributed by atoms with Crippen LogP contribution in [0.1, 0.15) is 22.9 Å². The summed E-state index contributed by atoms with van der Waals surface area (Å²) in [6.45, 7) is 2.70. The molecule has 0 aliphatic carbocycles. The summed E-state index contributed by atoms with van der Waals surface area (Å²) in [5.41, 5.74) is 3.27. The molecule has 182 valence electrons. The molecule has 3 heterocycles. The molecule has 1 fully saturated rings. The van der Waals surface area contributed by atoms with Crippen LogP contribution in [0.4, 0.5) is 10.5 Å². The van der Waals surface area contributed by atoms with Crippen LogP contribution in [0.3, 0.4) is 0 Å². The molecule has 5 rings (SSSR count). The fraction of sp³-hybridized carbons (Fsp3) is 0.148. The van der Waals surface area contributed by atoms with Crippen molar-refractivity contribution in [1.29, 1.82) is 0 Å². The zero-order chi connectivity index (χ0) is 25.2. The largest absolute Gasteiger partial charge is 0.350 e. The lowest BCUT2D eigenvalue weighted by Gasteiger charge is -2.12. The summed E-state index contributed by atoms with van der Waals surface area (Å²) in [5, 5.41) is 5.95. The Kier molecular flexibility index (Phi) is 7.00. The molecule has 1 N–H and O–H groups in total. The number of carbonyl (C=O) groups is 3. The molecule has 3 amide bonds. The summed E-state index contributed by atoms with van der Waals surface area (Å²) in [7, 11) is 0. The molecule has 0 bridgehead atoms. The SMILES string of the molecule is CCc1cccc2c(/C=C3\SC(=O)N(c4cccc(Cl)c4)C3=O)cn(CC(=O)NCc3cccs3)c12. The Labute approximate surface area is 221 Å². The van der Waals surface area contributed by atoms with Crippen molar-refractivity contribution >= 4 is 74.4 Å². The number of benzene rings is 2. The van der Waals surface area contributed by atoms with Crippen molar-refractivity contribution in [1.82, 2.24) is 9.88 Å². The number of anilines is 1. The second kappa shape index (κ2) is 10.3. The molecule has 1 aliphatic rings. The highest BCUT2D eigenvalue weighted by Gasteiger charge is 2.36. The third-order valence-electron chi connectivity index (χ3n) is 5.89. The summed E-state index contributed by atoms with van der Waals surface area (Å²) >= 11 is 8.56. The van der Waals surface area contributed by atoms with Crippen LogP contribution in [0.2, 0.25) is 5.02 Å². The molecule has 0 saturated carbocycles. The van der Waals surface area contributed by atoms with Gasteiger partial charge in [-0.2, -0.15) is 0 Å². The Balaban J connectivity index is 1.47. The number of rotatable bonds is 7. The molecule has 1 saturated heterocycles. The van der Waals surface area contributed by atoms with Gasteiger partial charge in [0.15, 0.2) is 0 Å². The van der Waals surface area contributed by atoms with E-state index in [1.165, 1.54) is 0 Å². The number of hydrogen-bond acceptors (Lipinski definition) is 5. The number of nitrogens with zero attached hydrogens (tertiary/aromatic N) is 2. The van der Waals surface area contributed by atoms with Crippen LogP contribution in [0.5, 0.6) is 0 Å². The van der Waals surface area contributed by atoms with Crippen molar-refractivity contribution in [2.24, 2.45) is 0 Å². The number of halogens is 1. The van der Waals surface area contributed by atoms with Crippen LogP contribution in [-0.2, 0) is 29.1 Å². The minimum atomic E-state index is -0.395. The molecular formula is C27H22ClN3O3S2. The first kappa shape index (κ1) is 24.4. The van der Waals surface area contributed by atoms with Crippen molar-refractivity contribution in [3.05, 3.63) is 92.1 Å². The Morgan fingerprint density at radius 2 is 1.94 bits per heavy atom. The molecule has 2 aromatic heterocycles. The zero-order valence-electron chi connectivity index (χ0n) is 19.4. The van der Waals surface area contributed by atoms with Crippen molar-refractivity contribution in [2.75, 3.05) is 4.90 Å². The van der Waals surface area contributed by atoms with Crippen LogP contribution in [0, 0.1) is 0 Å². The summed E-state index contributed by atoms with van der Waals surface area (Å²) in [5.74, 6) is -0.493. The van der Waals surface area contributed by atoms with Gasteiger partial charge in [0.2, 0.25) is 5.91 Å². The van der Waals surface area contributed by atoms with Gasteiger partial charge in [0.05, 0.1) is 22.7 Å². The van der Waals surface area contributed by atoms with E-state index in [4.69, 9.17) is 11.6 Å². The van der Waals surface area contributed by atoms with Gasteiger partial charge in [0.1, 0.15) is 6.54 Å². The number of carbonyl (C=O) groups excluding carboxylic acids is 3. The zero-order valence-corrected chi connectivity index (χ0v) is 21.8. The standard InChI is InChI=1S/C27H22ClN3O3S2/c1-2-17-6-3-10-22-18(15-30(25(17)22)16-24(32)29-14-21-9-5-11-35-21)12-23-26(33)31(27(34)36-23)20-8-4-7-19(28)13-20/h3-13,15H,2,14,16H2,1H3,(H,29,32)/b23-12-. The molecule has 9 heteroatoms. The number of imide groups is 1. The van der Waals surface area contributed by atoms with Crippen molar-refractivity contribution < 1.29 is 14.4 Å². The number of thioether (sulfide) groups is 1. The summed E-state index contributed by atoms with van der Waals surface area (Å²) < 4.78 is 1.92. The quantitative estimate of drug-likeness (QED) is 0.275. The number of fused-ring (bicyclic) bond motifs is 1. The highest BCUT2D eigenvalue weighted by molar-refractivity contribution is 8.19. The first-order valence-corrected chi connectivity index (χ1v) is 13.5. The van der Waals surface area contributed by atoms with Gasteiger partial charge in [-0.3, -0.25) is 14.4 Å². The van der Waals surface area contributed by atoms with E-state index in [-0.39, 0.29) is 17.7 Å². The van der Waals surface area contributed by atoms with E-state index in [9.17, 15) is 14.4 Å². The van der Waals surface area contributed by atoms with Crippen LogP contribution < -0.4 is 10.2 Å². The number of aromatic nitrogens is 1. The smallest absolute Gasteiger partial charge is 0.298 e. The van der Waals surface area contributed by atoms with Crippen LogP contribution in [-0.4, -0.2) is 21.6 Å². The number of para-hydroxylation sites is 1. The fourth-order valence-electron chi connectivity index (χ4n) is 4.25. The van der Waals surface area contributed by atoms with Crippen molar-refractivity contribution in [3.8, 4) is 0 Å². The van der Waals surface area contributed by atoms with Crippen LogP contribution >= 0.6 is 34.7 Å². The predicted molar refractivity (Wildman–Crippen MR) is 147 cm³/mol. The number of aryl methyl sites for hydroxylation is 1. The number of hydrogen-bond donors (Lipinski definition) is 1. The average molecular weight is 536 g/mol. The Bertz CT molecular complexity index is 1510. The highest BCUT2D eigenvalue weighted by Crippen LogP contribution is 2.38. The number of nitrogens with one attached hydrogen (secondary N) is 1. The Morgan fingerprint density at radius 1 is 1.11 bits per heavy atom. The van der Waals surface area contributed by atoms with Crippen LogP contribution in [0.25, 0.3) is 17.0 Å². The maximum absolute atomic E-state index is 13.2. The van der Waals surface area contributed by atoms with Crippen LogP contribution in [0.15, 0.2) is 71.1 Å². The molecule has 4 aromatic rings. The lowest BCUT2D eigenvalue weighted by molar-refractivity contribution is -0.121. The minimum absolute atomic E-state index is 0.0981. The first-order valence-electron chi connectivity index (χ1n) is 11.4. The van der Waals surface area contributed by atoms with Gasteiger partial charge in [-0.25, -0.2) is 4.90 Å². The average Bonchev–Trinajstić information content (AvgIpc) is 3.57. The van der Waals surface area contributed by atoms with Crippen molar-refractivity contribution in [3.63, 3.8) is 0 Å². The van der Waals surface area contributed by atoms with E-state index in [1.807, 2.05) is 46.5 Å². The van der Waals surface area contributed by atoms with Gasteiger partial charge in [0, 0.05) is 27.0 Å². The molecular weight excluding hydrogens is 514 g/mol. The number of amides is 3. The van der Waals surface area contributed by atoms with Gasteiger partial charge >= 0.3 is 0 Å². The van der Waals surface area contributed by atoms with Gasteiger partial charge in [-0.1, -0.05) is 48.9 Å². The maximum atomic E-state index is 13.2. The van der Waals surface area contributed by atoms with E-state index in [1.54, 1.807) is 41.7 Å². The van der Waals surface area contributed by atoms with E-state index in [0.29, 0.717) is 22.2 Å². The Morgan fingerprint density at radius 3 is 2.69 bits per heavy atom. The number of thiophene rings is 1. The normalized spacial score (nSPS) is 14.8. The fourth-order valence-corrected chi connectivity index (χ4v) is 5.91. The first-order chi connectivity index (χ1) is 17.4. The van der Waals surface area contributed by atoms with E-state index < -0.39 is 5.91 Å². The summed E-state index contributed by atoms with van der Waals surface area (Å²) in [4.78, 5) is 41.2. The predicted octanol–water partition coefficient (Wildman–Crippen LogP) is 6.48. The van der Waals surface area contributed by atoms with Gasteiger partial charge in [0.25, 0.3) is 11.1 Å². The molecule has 36 heavy (non-hydrogen) atoms. The van der Waals surface area contributed by atoms with Gasteiger partial charge < -0.3 is 9.88 Å².